The summed E-state index contributed by atoms with van der Waals surface area (Å²) < 4.78 is 10.9. The Labute approximate surface area is 147 Å². The van der Waals surface area contributed by atoms with Crippen LogP contribution in [-0.4, -0.2) is 37.3 Å². The summed E-state index contributed by atoms with van der Waals surface area (Å²) in [4.78, 5) is 15.9. The lowest BCUT2D eigenvalue weighted by Gasteiger charge is -2.36. The topological polar surface area (TPSA) is 38.8 Å². The van der Waals surface area contributed by atoms with E-state index in [9.17, 15) is 4.79 Å². The van der Waals surface area contributed by atoms with E-state index < -0.39 is 0 Å². The van der Waals surface area contributed by atoms with E-state index in [1.807, 2.05) is 23.1 Å². The SMILES string of the molecule is COc1cc2c(c(OC)c1)C(C)N(C(=O)CC1=CC=CCS1)CC2. The maximum Gasteiger partial charge on any atom is 0.228 e. The van der Waals surface area contributed by atoms with Crippen LogP contribution in [0.15, 0.2) is 35.3 Å². The van der Waals surface area contributed by atoms with E-state index in [2.05, 4.69) is 19.1 Å². The van der Waals surface area contributed by atoms with Crippen molar-refractivity contribution < 1.29 is 14.3 Å². The van der Waals surface area contributed by atoms with Gasteiger partial charge in [-0.2, -0.15) is 0 Å². The van der Waals surface area contributed by atoms with Gasteiger partial charge in [0.05, 0.1) is 26.7 Å². The van der Waals surface area contributed by atoms with Gasteiger partial charge < -0.3 is 14.4 Å². The van der Waals surface area contributed by atoms with Gasteiger partial charge >= 0.3 is 0 Å². The van der Waals surface area contributed by atoms with Gasteiger partial charge in [-0.25, -0.2) is 0 Å². The molecule has 1 aromatic carbocycles. The van der Waals surface area contributed by atoms with Crippen molar-refractivity contribution in [1.29, 1.82) is 0 Å². The van der Waals surface area contributed by atoms with E-state index in [0.717, 1.165) is 40.7 Å². The van der Waals surface area contributed by atoms with Gasteiger partial charge in [-0.1, -0.05) is 18.2 Å². The molecule has 128 valence electrons. The molecular weight excluding hydrogens is 322 g/mol. The van der Waals surface area contributed by atoms with Crippen LogP contribution in [0, 0.1) is 0 Å². The molecule has 4 nitrogen and oxygen atoms in total. The van der Waals surface area contributed by atoms with Crippen molar-refractivity contribution in [2.45, 2.75) is 25.8 Å². The van der Waals surface area contributed by atoms with Crippen molar-refractivity contribution in [3.05, 3.63) is 46.4 Å². The summed E-state index contributed by atoms with van der Waals surface area (Å²) >= 11 is 1.74. The number of hydrogen-bond donors (Lipinski definition) is 0. The molecule has 0 aromatic heterocycles. The number of allylic oxidation sites excluding steroid dienone is 2. The quantitative estimate of drug-likeness (QED) is 0.833. The van der Waals surface area contributed by atoms with E-state index in [4.69, 9.17) is 9.47 Å². The van der Waals surface area contributed by atoms with Gasteiger partial charge in [-0.15, -0.1) is 11.8 Å². The van der Waals surface area contributed by atoms with Crippen molar-refractivity contribution in [2.75, 3.05) is 26.5 Å². The zero-order valence-corrected chi connectivity index (χ0v) is 15.2. The van der Waals surface area contributed by atoms with Gasteiger partial charge in [0.15, 0.2) is 0 Å². The lowest BCUT2D eigenvalue weighted by molar-refractivity contribution is -0.132. The highest BCUT2D eigenvalue weighted by atomic mass is 32.2. The van der Waals surface area contributed by atoms with Crippen LogP contribution in [0.1, 0.15) is 30.5 Å². The average molecular weight is 345 g/mol. The number of benzene rings is 1. The Bertz CT molecular complexity index is 679. The van der Waals surface area contributed by atoms with Gasteiger partial charge in [-0.05, 0) is 29.9 Å². The maximum atomic E-state index is 12.8. The summed E-state index contributed by atoms with van der Waals surface area (Å²) in [5, 5.41) is 0. The van der Waals surface area contributed by atoms with Gasteiger partial charge in [0.25, 0.3) is 0 Å². The van der Waals surface area contributed by atoms with Crippen LogP contribution < -0.4 is 9.47 Å². The minimum absolute atomic E-state index is 0.00633. The first kappa shape index (κ1) is 17.0. The lowest BCUT2D eigenvalue weighted by atomic mass is 9.92. The number of rotatable bonds is 4. The van der Waals surface area contributed by atoms with Gasteiger partial charge in [-0.3, -0.25) is 4.79 Å². The number of fused-ring (bicyclic) bond motifs is 1. The van der Waals surface area contributed by atoms with E-state index in [1.165, 1.54) is 5.56 Å². The Morgan fingerprint density at radius 1 is 1.33 bits per heavy atom. The predicted molar refractivity (Wildman–Crippen MR) is 97.7 cm³/mol. The minimum Gasteiger partial charge on any atom is -0.497 e. The molecule has 2 heterocycles. The van der Waals surface area contributed by atoms with E-state index >= 15 is 0 Å². The third kappa shape index (κ3) is 3.31. The molecule has 0 saturated carbocycles. The summed E-state index contributed by atoms with van der Waals surface area (Å²) in [6.07, 6.45) is 7.48. The molecule has 2 aliphatic heterocycles. The van der Waals surface area contributed by atoms with Crippen LogP contribution in [-0.2, 0) is 11.2 Å². The molecule has 1 amide bonds. The van der Waals surface area contributed by atoms with Crippen LogP contribution in [0.5, 0.6) is 11.5 Å². The van der Waals surface area contributed by atoms with Crippen LogP contribution in [0.2, 0.25) is 0 Å². The Balaban J connectivity index is 1.83. The molecule has 5 heteroatoms. The third-order valence-electron chi connectivity index (χ3n) is 4.59. The second-order valence-electron chi connectivity index (χ2n) is 5.96. The Morgan fingerprint density at radius 2 is 2.17 bits per heavy atom. The first-order valence-electron chi connectivity index (χ1n) is 8.16. The Kier molecular flexibility index (Phi) is 5.19. The molecule has 24 heavy (non-hydrogen) atoms. The molecule has 0 saturated heterocycles. The van der Waals surface area contributed by atoms with Gasteiger partial charge in [0.1, 0.15) is 11.5 Å². The highest BCUT2D eigenvalue weighted by Gasteiger charge is 2.31. The number of carbonyl (C=O) groups excluding carboxylic acids is 1. The molecule has 1 atom stereocenters. The fourth-order valence-electron chi connectivity index (χ4n) is 3.35. The van der Waals surface area contributed by atoms with Crippen LogP contribution in [0.4, 0.5) is 0 Å². The number of carbonyl (C=O) groups is 1. The number of nitrogens with zero attached hydrogens (tertiary/aromatic N) is 1. The van der Waals surface area contributed by atoms with Crippen LogP contribution in [0.25, 0.3) is 0 Å². The average Bonchev–Trinajstić information content (AvgIpc) is 2.61. The summed E-state index contributed by atoms with van der Waals surface area (Å²) in [6, 6.07) is 3.96. The number of methoxy groups -OCH3 is 2. The summed E-state index contributed by atoms with van der Waals surface area (Å²) in [6.45, 7) is 2.81. The van der Waals surface area contributed by atoms with E-state index in [1.54, 1.807) is 26.0 Å². The highest BCUT2D eigenvalue weighted by Crippen LogP contribution is 2.40. The molecule has 0 bridgehead atoms. The number of amides is 1. The van der Waals surface area contributed by atoms with Crippen LogP contribution in [0.3, 0.4) is 0 Å². The number of ether oxygens (including phenoxy) is 2. The summed E-state index contributed by atoms with van der Waals surface area (Å²) in [5.41, 5.74) is 2.31. The van der Waals surface area contributed by atoms with E-state index in [0.29, 0.717) is 6.42 Å². The Morgan fingerprint density at radius 3 is 2.83 bits per heavy atom. The van der Waals surface area contributed by atoms with Crippen molar-refractivity contribution >= 4 is 17.7 Å². The fourth-order valence-corrected chi connectivity index (χ4v) is 4.17. The fraction of sp³-hybridized carbons (Fsp3) is 0.421. The molecule has 0 N–H and O–H groups in total. The van der Waals surface area contributed by atoms with Crippen molar-refractivity contribution in [3.63, 3.8) is 0 Å². The summed E-state index contributed by atoms with van der Waals surface area (Å²) in [7, 11) is 3.33. The van der Waals surface area contributed by atoms with Crippen molar-refractivity contribution in [1.82, 2.24) is 4.90 Å². The molecule has 0 radical (unpaired) electrons. The number of thioether (sulfide) groups is 1. The van der Waals surface area contributed by atoms with Crippen LogP contribution >= 0.6 is 11.8 Å². The monoisotopic (exact) mass is 345 g/mol. The van der Waals surface area contributed by atoms with E-state index in [-0.39, 0.29) is 11.9 Å². The second kappa shape index (κ2) is 7.34. The predicted octanol–water partition coefficient (Wildman–Crippen LogP) is 3.73. The first-order valence-corrected chi connectivity index (χ1v) is 9.15. The Hall–Kier alpha value is -1.88. The molecule has 1 aromatic rings. The smallest absolute Gasteiger partial charge is 0.228 e. The largest absolute Gasteiger partial charge is 0.497 e. The molecule has 3 rings (SSSR count). The molecule has 0 spiro atoms. The lowest BCUT2D eigenvalue weighted by Crippen LogP contribution is -2.39. The molecule has 2 aliphatic rings. The number of hydrogen-bond acceptors (Lipinski definition) is 4. The first-order chi connectivity index (χ1) is 11.6. The second-order valence-corrected chi connectivity index (χ2v) is 7.11. The zero-order chi connectivity index (χ0) is 17.1. The van der Waals surface area contributed by atoms with Gasteiger partial charge in [0, 0.05) is 23.9 Å². The zero-order valence-electron chi connectivity index (χ0n) is 14.4. The molecule has 0 aliphatic carbocycles. The molecule has 0 fully saturated rings. The normalized spacial score (nSPS) is 19.5. The summed E-state index contributed by atoms with van der Waals surface area (Å²) in [5.74, 6) is 2.72. The maximum absolute atomic E-state index is 12.8. The van der Waals surface area contributed by atoms with Gasteiger partial charge in [0.2, 0.25) is 5.91 Å². The van der Waals surface area contributed by atoms with Crippen molar-refractivity contribution in [3.8, 4) is 11.5 Å². The molecular formula is C19H23NO3S. The molecule has 1 unspecified atom stereocenters. The third-order valence-corrected chi connectivity index (χ3v) is 5.60. The van der Waals surface area contributed by atoms with Crippen molar-refractivity contribution in [2.24, 2.45) is 0 Å². The standard InChI is InChI=1S/C19H23NO3S/c1-13-19-14(10-15(22-2)11-17(19)23-3)7-8-20(13)18(21)12-16-6-4-5-9-24-16/h4-6,10-11,13H,7-9,12H2,1-3H3. The minimum atomic E-state index is 0.00633. The highest BCUT2D eigenvalue weighted by molar-refractivity contribution is 8.03.